The van der Waals surface area contributed by atoms with Crippen molar-refractivity contribution < 1.29 is 32.2 Å². The molecular formula is C8H11F3O4. The van der Waals surface area contributed by atoms with Gasteiger partial charge in [0.05, 0.1) is 6.61 Å². The average Bonchev–Trinajstić information content (AvgIpc) is 2.13. The second-order valence-electron chi connectivity index (χ2n) is 2.65. The fourth-order valence-corrected chi connectivity index (χ4v) is 0.578. The third kappa shape index (κ3) is 6.75. The van der Waals surface area contributed by atoms with Gasteiger partial charge in [0.15, 0.2) is 6.61 Å². The molecule has 15 heavy (non-hydrogen) atoms. The number of unbranched alkanes of at least 4 members (excludes halogenated alkanes) is 1. The Hall–Kier alpha value is -1.27. The third-order valence-corrected chi connectivity index (χ3v) is 1.31. The highest BCUT2D eigenvalue weighted by molar-refractivity contribution is 5.79. The molecule has 0 aromatic heterocycles. The van der Waals surface area contributed by atoms with Gasteiger partial charge in [-0.25, -0.2) is 9.59 Å². The Kier molecular flexibility index (Phi) is 5.73. The standard InChI is InChI=1S/C8H11F3O4/c1-2-3-4-14-6(12)5-15-7(13)8(9,10)11/h2-5H2,1H3. The van der Waals surface area contributed by atoms with Crippen molar-refractivity contribution in [3.8, 4) is 0 Å². The van der Waals surface area contributed by atoms with Crippen LogP contribution in [0.5, 0.6) is 0 Å². The van der Waals surface area contributed by atoms with Crippen LogP contribution in [0.2, 0.25) is 0 Å². The van der Waals surface area contributed by atoms with Crippen LogP contribution in [0.15, 0.2) is 0 Å². The fraction of sp³-hybridized carbons (Fsp3) is 0.750. The van der Waals surface area contributed by atoms with Crippen LogP contribution in [0.1, 0.15) is 19.8 Å². The Labute approximate surface area is 84.3 Å². The molecule has 0 atom stereocenters. The number of rotatable bonds is 5. The molecule has 0 heterocycles. The van der Waals surface area contributed by atoms with E-state index in [-0.39, 0.29) is 6.61 Å². The minimum atomic E-state index is -5.08. The first kappa shape index (κ1) is 13.7. The Bertz CT molecular complexity index is 224. The van der Waals surface area contributed by atoms with E-state index in [0.29, 0.717) is 6.42 Å². The number of carbonyl (C=O) groups excluding carboxylic acids is 2. The van der Waals surface area contributed by atoms with Crippen LogP contribution in [-0.4, -0.2) is 31.3 Å². The van der Waals surface area contributed by atoms with Crippen LogP contribution in [0.4, 0.5) is 13.2 Å². The number of carbonyl (C=O) groups is 2. The molecule has 0 saturated heterocycles. The van der Waals surface area contributed by atoms with Crippen molar-refractivity contribution in [2.24, 2.45) is 0 Å². The van der Waals surface area contributed by atoms with E-state index in [1.54, 1.807) is 0 Å². The molecule has 0 aliphatic heterocycles. The highest BCUT2D eigenvalue weighted by Gasteiger charge is 2.41. The van der Waals surface area contributed by atoms with E-state index >= 15 is 0 Å². The Balaban J connectivity index is 3.67. The van der Waals surface area contributed by atoms with Gasteiger partial charge < -0.3 is 9.47 Å². The van der Waals surface area contributed by atoms with Crippen molar-refractivity contribution in [3.63, 3.8) is 0 Å². The van der Waals surface area contributed by atoms with Gasteiger partial charge >= 0.3 is 18.1 Å². The zero-order valence-corrected chi connectivity index (χ0v) is 8.10. The average molecular weight is 228 g/mol. The molecule has 0 unspecified atom stereocenters. The zero-order valence-electron chi connectivity index (χ0n) is 8.10. The summed E-state index contributed by atoms with van der Waals surface area (Å²) >= 11 is 0. The molecule has 0 radical (unpaired) electrons. The van der Waals surface area contributed by atoms with Gasteiger partial charge in [-0.1, -0.05) is 13.3 Å². The Morgan fingerprint density at radius 2 is 1.80 bits per heavy atom. The van der Waals surface area contributed by atoms with Crippen LogP contribution < -0.4 is 0 Å². The van der Waals surface area contributed by atoms with Crippen LogP contribution in [-0.2, 0) is 19.1 Å². The van der Waals surface area contributed by atoms with E-state index in [2.05, 4.69) is 9.47 Å². The summed E-state index contributed by atoms with van der Waals surface area (Å²) in [5.74, 6) is -3.38. The number of hydrogen-bond donors (Lipinski definition) is 0. The summed E-state index contributed by atoms with van der Waals surface area (Å²) in [6.45, 7) is 0.957. The molecule has 88 valence electrons. The topological polar surface area (TPSA) is 52.6 Å². The lowest BCUT2D eigenvalue weighted by molar-refractivity contribution is -0.201. The first-order valence-electron chi connectivity index (χ1n) is 4.27. The lowest BCUT2D eigenvalue weighted by Crippen LogP contribution is -2.28. The fourth-order valence-electron chi connectivity index (χ4n) is 0.578. The smallest absolute Gasteiger partial charge is 0.463 e. The third-order valence-electron chi connectivity index (χ3n) is 1.31. The predicted molar refractivity (Wildman–Crippen MR) is 42.9 cm³/mol. The molecule has 0 saturated carbocycles. The van der Waals surface area contributed by atoms with Gasteiger partial charge in [-0.05, 0) is 6.42 Å². The molecule has 0 aliphatic rings. The highest BCUT2D eigenvalue weighted by atomic mass is 19.4. The van der Waals surface area contributed by atoms with Gasteiger partial charge in [0.1, 0.15) is 0 Å². The molecule has 0 amide bonds. The lowest BCUT2D eigenvalue weighted by atomic mass is 10.4. The number of hydrogen-bond acceptors (Lipinski definition) is 4. The summed E-state index contributed by atoms with van der Waals surface area (Å²) in [6.07, 6.45) is -3.68. The van der Waals surface area contributed by atoms with E-state index in [4.69, 9.17) is 0 Å². The minimum absolute atomic E-state index is 0.110. The zero-order chi connectivity index (χ0) is 11.9. The first-order chi connectivity index (χ1) is 6.88. The monoisotopic (exact) mass is 228 g/mol. The Morgan fingerprint density at radius 1 is 1.20 bits per heavy atom. The maximum atomic E-state index is 11.6. The van der Waals surface area contributed by atoms with E-state index in [1.165, 1.54) is 0 Å². The van der Waals surface area contributed by atoms with Crippen molar-refractivity contribution >= 4 is 11.9 Å². The summed E-state index contributed by atoms with van der Waals surface area (Å²) < 4.78 is 42.9. The van der Waals surface area contributed by atoms with Gasteiger partial charge in [0.2, 0.25) is 0 Å². The first-order valence-corrected chi connectivity index (χ1v) is 4.27. The molecule has 7 heteroatoms. The molecule has 4 nitrogen and oxygen atoms in total. The SMILES string of the molecule is CCCCOC(=O)COC(=O)C(F)(F)F. The number of halogens is 3. The largest absolute Gasteiger partial charge is 0.490 e. The van der Waals surface area contributed by atoms with Crippen LogP contribution in [0.25, 0.3) is 0 Å². The molecule has 0 aromatic carbocycles. The maximum Gasteiger partial charge on any atom is 0.490 e. The van der Waals surface area contributed by atoms with Crippen molar-refractivity contribution in [2.75, 3.05) is 13.2 Å². The van der Waals surface area contributed by atoms with Gasteiger partial charge in [-0.15, -0.1) is 0 Å². The molecule has 0 aliphatic carbocycles. The van der Waals surface area contributed by atoms with E-state index in [0.717, 1.165) is 6.42 Å². The summed E-state index contributed by atoms with van der Waals surface area (Å²) in [4.78, 5) is 20.8. The molecule has 0 fully saturated rings. The van der Waals surface area contributed by atoms with E-state index < -0.39 is 24.7 Å². The van der Waals surface area contributed by atoms with Gasteiger partial charge in [0, 0.05) is 0 Å². The number of esters is 2. The summed E-state index contributed by atoms with van der Waals surface area (Å²) in [5, 5.41) is 0. The summed E-state index contributed by atoms with van der Waals surface area (Å²) in [7, 11) is 0. The van der Waals surface area contributed by atoms with E-state index in [1.807, 2.05) is 6.92 Å². The molecule has 0 bridgehead atoms. The summed E-state index contributed by atoms with van der Waals surface area (Å²) in [6, 6.07) is 0. The van der Waals surface area contributed by atoms with Crippen molar-refractivity contribution in [3.05, 3.63) is 0 Å². The van der Waals surface area contributed by atoms with Gasteiger partial charge in [-0.3, -0.25) is 0 Å². The number of ether oxygens (including phenoxy) is 2. The Morgan fingerprint density at radius 3 is 2.27 bits per heavy atom. The normalized spacial score (nSPS) is 10.9. The van der Waals surface area contributed by atoms with Gasteiger partial charge in [-0.2, -0.15) is 13.2 Å². The molecule has 0 N–H and O–H groups in total. The maximum absolute atomic E-state index is 11.6. The van der Waals surface area contributed by atoms with Crippen LogP contribution in [0.3, 0.4) is 0 Å². The van der Waals surface area contributed by atoms with Crippen LogP contribution in [0, 0.1) is 0 Å². The molecule has 0 aromatic rings. The number of alkyl halides is 3. The van der Waals surface area contributed by atoms with Crippen molar-refractivity contribution in [1.82, 2.24) is 0 Å². The molecular weight excluding hydrogens is 217 g/mol. The summed E-state index contributed by atoms with van der Waals surface area (Å²) in [5.41, 5.74) is 0. The highest BCUT2D eigenvalue weighted by Crippen LogP contribution is 2.16. The lowest BCUT2D eigenvalue weighted by Gasteiger charge is -2.06. The second-order valence-corrected chi connectivity index (χ2v) is 2.65. The van der Waals surface area contributed by atoms with Crippen molar-refractivity contribution in [1.29, 1.82) is 0 Å². The molecule has 0 spiro atoms. The second kappa shape index (κ2) is 6.26. The minimum Gasteiger partial charge on any atom is -0.463 e. The quantitative estimate of drug-likeness (QED) is 0.527. The van der Waals surface area contributed by atoms with Crippen molar-refractivity contribution in [2.45, 2.75) is 25.9 Å². The van der Waals surface area contributed by atoms with E-state index in [9.17, 15) is 22.8 Å². The molecule has 0 rings (SSSR count). The van der Waals surface area contributed by atoms with Gasteiger partial charge in [0.25, 0.3) is 0 Å². The predicted octanol–water partition coefficient (Wildman–Crippen LogP) is 1.44. The van der Waals surface area contributed by atoms with Crippen LogP contribution >= 0.6 is 0 Å².